The van der Waals surface area contributed by atoms with Crippen LogP contribution in [0.2, 0.25) is 5.02 Å². The van der Waals surface area contributed by atoms with Crippen LogP contribution in [0, 0.1) is 5.92 Å². The average Bonchev–Trinajstić information content (AvgIpc) is 2.72. The first-order valence-corrected chi connectivity index (χ1v) is 11.2. The van der Waals surface area contributed by atoms with Gasteiger partial charge < -0.3 is 24.3 Å². The standard InChI is InChI=1S/C23H30ClN3O5/c1-4-29-19-7-5-6-17(8-19)12-31-22-21(24)23(26-14-25-22)32-13-18-9-20(10-18)30-11-15(2)27-16(3)28/h5-8,14-15,18,20H,4,9-13H2,1-3H3,(H,27,28)/t15-,18?,20?/m0/s1. The number of nitrogens with zero attached hydrogens (tertiary/aromatic N) is 2. The second kappa shape index (κ2) is 11.9. The molecule has 1 N–H and O–H groups in total. The number of benzene rings is 1. The van der Waals surface area contributed by atoms with Crippen molar-refractivity contribution in [3.05, 3.63) is 41.2 Å². The Morgan fingerprint density at radius 1 is 1.22 bits per heavy atom. The van der Waals surface area contributed by atoms with Gasteiger partial charge in [0, 0.05) is 13.0 Å². The summed E-state index contributed by atoms with van der Waals surface area (Å²) in [7, 11) is 0. The maximum atomic E-state index is 11.0. The molecule has 1 aromatic carbocycles. The van der Waals surface area contributed by atoms with E-state index in [0.717, 1.165) is 24.2 Å². The molecule has 1 heterocycles. The summed E-state index contributed by atoms with van der Waals surface area (Å²) in [4.78, 5) is 19.3. The summed E-state index contributed by atoms with van der Waals surface area (Å²) in [5, 5.41) is 3.06. The number of nitrogens with one attached hydrogen (secondary N) is 1. The Kier molecular flexibility index (Phi) is 8.93. The van der Waals surface area contributed by atoms with Crippen LogP contribution >= 0.6 is 11.6 Å². The first-order valence-electron chi connectivity index (χ1n) is 10.8. The third-order valence-corrected chi connectivity index (χ3v) is 5.31. The number of amides is 1. The number of ether oxygens (including phenoxy) is 4. The van der Waals surface area contributed by atoms with E-state index in [1.807, 2.05) is 38.1 Å². The van der Waals surface area contributed by atoms with E-state index in [9.17, 15) is 4.79 Å². The first-order chi connectivity index (χ1) is 15.4. The maximum Gasteiger partial charge on any atom is 0.240 e. The second-order valence-corrected chi connectivity index (χ2v) is 8.25. The molecule has 32 heavy (non-hydrogen) atoms. The molecule has 1 aliphatic rings. The lowest BCUT2D eigenvalue weighted by atomic mass is 9.83. The number of halogens is 1. The SMILES string of the molecule is CCOc1cccc(COc2ncnc(OCC3CC(OC[C@H](C)NC(C)=O)C3)c2Cl)c1. The maximum absolute atomic E-state index is 11.0. The van der Waals surface area contributed by atoms with Gasteiger partial charge in [0.25, 0.3) is 0 Å². The van der Waals surface area contributed by atoms with Crippen LogP contribution in [0.5, 0.6) is 17.5 Å². The molecule has 0 saturated heterocycles. The highest BCUT2D eigenvalue weighted by Crippen LogP contribution is 2.34. The summed E-state index contributed by atoms with van der Waals surface area (Å²) in [5.41, 5.74) is 0.946. The molecule has 3 rings (SSSR count). The minimum Gasteiger partial charge on any atom is -0.494 e. The molecule has 1 aliphatic carbocycles. The first kappa shape index (κ1) is 24.1. The molecule has 1 atom stereocenters. The predicted molar refractivity (Wildman–Crippen MR) is 120 cm³/mol. The summed E-state index contributed by atoms with van der Waals surface area (Å²) in [6.07, 6.45) is 3.36. The molecule has 9 heteroatoms. The van der Waals surface area contributed by atoms with Gasteiger partial charge in [-0.25, -0.2) is 9.97 Å². The summed E-state index contributed by atoms with van der Waals surface area (Å²) in [5.74, 6) is 1.69. The van der Waals surface area contributed by atoms with E-state index in [-0.39, 0.29) is 29.0 Å². The van der Waals surface area contributed by atoms with Crippen LogP contribution in [0.4, 0.5) is 0 Å². The quantitative estimate of drug-likeness (QED) is 0.511. The largest absolute Gasteiger partial charge is 0.494 e. The van der Waals surface area contributed by atoms with Crippen molar-refractivity contribution >= 4 is 17.5 Å². The Labute approximate surface area is 193 Å². The highest BCUT2D eigenvalue weighted by Gasteiger charge is 2.31. The Balaban J connectivity index is 1.42. The molecule has 0 radical (unpaired) electrons. The normalized spacial score (nSPS) is 18.4. The molecule has 0 bridgehead atoms. The molecule has 8 nitrogen and oxygen atoms in total. The Bertz CT molecular complexity index is 892. The number of hydrogen-bond donors (Lipinski definition) is 1. The number of hydrogen-bond acceptors (Lipinski definition) is 7. The topological polar surface area (TPSA) is 91.8 Å². The zero-order valence-corrected chi connectivity index (χ0v) is 19.4. The van der Waals surface area contributed by atoms with Gasteiger partial charge in [-0.05, 0) is 50.3 Å². The molecule has 1 aromatic heterocycles. The van der Waals surface area contributed by atoms with Gasteiger partial charge in [0.15, 0.2) is 5.02 Å². The molecule has 174 valence electrons. The molecular formula is C23H30ClN3O5. The van der Waals surface area contributed by atoms with Crippen molar-refractivity contribution < 1.29 is 23.7 Å². The van der Waals surface area contributed by atoms with Crippen LogP contribution in [-0.4, -0.2) is 47.8 Å². The van der Waals surface area contributed by atoms with Crippen LogP contribution < -0.4 is 19.5 Å². The third-order valence-electron chi connectivity index (χ3n) is 4.99. The van der Waals surface area contributed by atoms with E-state index in [2.05, 4.69) is 15.3 Å². The Hall–Kier alpha value is -2.58. The minimum atomic E-state index is -0.0508. The minimum absolute atomic E-state index is 0.00249. The lowest BCUT2D eigenvalue weighted by Crippen LogP contribution is -2.40. The van der Waals surface area contributed by atoms with Gasteiger partial charge in [0.2, 0.25) is 17.7 Å². The molecule has 0 unspecified atom stereocenters. The Morgan fingerprint density at radius 3 is 2.69 bits per heavy atom. The van der Waals surface area contributed by atoms with E-state index in [1.165, 1.54) is 13.3 Å². The van der Waals surface area contributed by atoms with Crippen LogP contribution in [0.15, 0.2) is 30.6 Å². The van der Waals surface area contributed by atoms with Crippen molar-refractivity contribution in [3.8, 4) is 17.5 Å². The molecular weight excluding hydrogens is 434 g/mol. The monoisotopic (exact) mass is 463 g/mol. The van der Waals surface area contributed by atoms with Crippen molar-refractivity contribution in [2.75, 3.05) is 19.8 Å². The van der Waals surface area contributed by atoms with Crippen molar-refractivity contribution in [2.24, 2.45) is 5.92 Å². The smallest absolute Gasteiger partial charge is 0.240 e. The summed E-state index contributed by atoms with van der Waals surface area (Å²) in [6.45, 7) is 7.27. The van der Waals surface area contributed by atoms with Gasteiger partial charge in [-0.2, -0.15) is 0 Å². The number of carbonyl (C=O) groups is 1. The molecule has 1 amide bonds. The molecule has 2 aromatic rings. The number of carbonyl (C=O) groups excluding carboxylic acids is 1. The lowest BCUT2D eigenvalue weighted by Gasteiger charge is -2.35. The lowest BCUT2D eigenvalue weighted by molar-refractivity contribution is -0.120. The van der Waals surface area contributed by atoms with Gasteiger partial charge in [-0.1, -0.05) is 23.7 Å². The number of rotatable bonds is 12. The predicted octanol–water partition coefficient (Wildman–Crippen LogP) is 3.81. The second-order valence-electron chi connectivity index (χ2n) is 7.87. The van der Waals surface area contributed by atoms with Crippen LogP contribution in [0.25, 0.3) is 0 Å². The fraction of sp³-hybridized carbons (Fsp3) is 0.522. The highest BCUT2D eigenvalue weighted by atomic mass is 35.5. The molecule has 1 fully saturated rings. The fourth-order valence-corrected chi connectivity index (χ4v) is 3.60. The van der Waals surface area contributed by atoms with Gasteiger partial charge in [0.1, 0.15) is 18.7 Å². The summed E-state index contributed by atoms with van der Waals surface area (Å²) < 4.78 is 22.9. The molecule has 0 aliphatic heterocycles. The summed E-state index contributed by atoms with van der Waals surface area (Å²) in [6, 6.07) is 7.68. The van der Waals surface area contributed by atoms with Gasteiger partial charge >= 0.3 is 0 Å². The van der Waals surface area contributed by atoms with Crippen LogP contribution in [-0.2, 0) is 16.1 Å². The van der Waals surface area contributed by atoms with E-state index in [4.69, 9.17) is 30.5 Å². The fourth-order valence-electron chi connectivity index (χ4n) is 3.40. The Morgan fingerprint density at radius 2 is 1.97 bits per heavy atom. The molecule has 1 saturated carbocycles. The van der Waals surface area contributed by atoms with Crippen LogP contribution in [0.1, 0.15) is 39.2 Å². The van der Waals surface area contributed by atoms with E-state index in [0.29, 0.717) is 38.2 Å². The van der Waals surface area contributed by atoms with Crippen molar-refractivity contribution in [2.45, 2.75) is 52.4 Å². The summed E-state index contributed by atoms with van der Waals surface area (Å²) >= 11 is 6.40. The van der Waals surface area contributed by atoms with Gasteiger partial charge in [0.05, 0.1) is 25.9 Å². The van der Waals surface area contributed by atoms with Crippen molar-refractivity contribution in [3.63, 3.8) is 0 Å². The van der Waals surface area contributed by atoms with Gasteiger partial charge in [-0.3, -0.25) is 4.79 Å². The highest BCUT2D eigenvalue weighted by molar-refractivity contribution is 6.33. The zero-order chi connectivity index (χ0) is 22.9. The van der Waals surface area contributed by atoms with E-state index >= 15 is 0 Å². The average molecular weight is 464 g/mol. The molecule has 0 spiro atoms. The number of aromatic nitrogens is 2. The van der Waals surface area contributed by atoms with Gasteiger partial charge in [-0.15, -0.1) is 0 Å². The third kappa shape index (κ3) is 7.24. The van der Waals surface area contributed by atoms with Crippen LogP contribution in [0.3, 0.4) is 0 Å². The van der Waals surface area contributed by atoms with E-state index in [1.54, 1.807) is 0 Å². The zero-order valence-electron chi connectivity index (χ0n) is 18.7. The van der Waals surface area contributed by atoms with Crippen molar-refractivity contribution in [1.82, 2.24) is 15.3 Å². The van der Waals surface area contributed by atoms with Crippen molar-refractivity contribution in [1.29, 1.82) is 0 Å². The van der Waals surface area contributed by atoms with E-state index < -0.39 is 0 Å².